The Labute approximate surface area is 107 Å². The SMILES string of the molecule is O=C(CCl)Nc1cc(Cl)ccc1-n1ccnn1. The van der Waals surface area contributed by atoms with Crippen LogP contribution in [0, 0.1) is 0 Å². The average molecular weight is 271 g/mol. The number of carbonyl (C=O) groups is 1. The molecule has 1 N–H and O–H groups in total. The number of benzene rings is 1. The third kappa shape index (κ3) is 2.75. The van der Waals surface area contributed by atoms with Gasteiger partial charge in [0.05, 0.1) is 23.8 Å². The molecule has 7 heteroatoms. The van der Waals surface area contributed by atoms with E-state index in [0.29, 0.717) is 16.4 Å². The van der Waals surface area contributed by atoms with Gasteiger partial charge < -0.3 is 5.32 Å². The summed E-state index contributed by atoms with van der Waals surface area (Å²) in [5.41, 5.74) is 1.21. The number of aromatic nitrogens is 3. The molecule has 0 spiro atoms. The maximum Gasteiger partial charge on any atom is 0.239 e. The van der Waals surface area contributed by atoms with Crippen molar-refractivity contribution in [3.8, 4) is 5.69 Å². The summed E-state index contributed by atoms with van der Waals surface area (Å²) < 4.78 is 1.53. The van der Waals surface area contributed by atoms with E-state index in [9.17, 15) is 4.79 Å². The lowest BCUT2D eigenvalue weighted by Crippen LogP contribution is -2.14. The minimum absolute atomic E-state index is 0.122. The summed E-state index contributed by atoms with van der Waals surface area (Å²) in [7, 11) is 0. The lowest BCUT2D eigenvalue weighted by atomic mass is 10.2. The molecule has 0 unspecified atom stereocenters. The summed E-state index contributed by atoms with van der Waals surface area (Å²) in [4.78, 5) is 11.3. The second-order valence-corrected chi connectivity index (χ2v) is 3.89. The van der Waals surface area contributed by atoms with Crippen molar-refractivity contribution in [2.75, 3.05) is 11.2 Å². The van der Waals surface area contributed by atoms with E-state index in [1.165, 1.54) is 4.68 Å². The zero-order valence-electron chi connectivity index (χ0n) is 8.60. The largest absolute Gasteiger partial charge is 0.323 e. The molecule has 0 saturated heterocycles. The van der Waals surface area contributed by atoms with Crippen molar-refractivity contribution in [2.45, 2.75) is 0 Å². The van der Waals surface area contributed by atoms with Gasteiger partial charge in [-0.25, -0.2) is 4.68 Å². The first-order chi connectivity index (χ1) is 8.20. The van der Waals surface area contributed by atoms with E-state index in [1.54, 1.807) is 30.6 Å². The fourth-order valence-corrected chi connectivity index (χ4v) is 1.57. The summed E-state index contributed by atoms with van der Waals surface area (Å²) in [5, 5.41) is 10.7. The number of anilines is 1. The van der Waals surface area contributed by atoms with Gasteiger partial charge in [-0.05, 0) is 18.2 Å². The van der Waals surface area contributed by atoms with Gasteiger partial charge >= 0.3 is 0 Å². The zero-order valence-corrected chi connectivity index (χ0v) is 10.1. The molecule has 1 aromatic heterocycles. The van der Waals surface area contributed by atoms with E-state index in [0.717, 1.165) is 0 Å². The second kappa shape index (κ2) is 5.16. The summed E-state index contributed by atoms with van der Waals surface area (Å²) in [6.45, 7) is 0. The van der Waals surface area contributed by atoms with Crippen molar-refractivity contribution < 1.29 is 4.79 Å². The first-order valence-electron chi connectivity index (χ1n) is 4.73. The number of alkyl halides is 1. The van der Waals surface area contributed by atoms with Crippen LogP contribution in [-0.2, 0) is 4.79 Å². The third-order valence-electron chi connectivity index (χ3n) is 2.02. The number of hydrogen-bond donors (Lipinski definition) is 1. The highest BCUT2D eigenvalue weighted by Gasteiger charge is 2.09. The molecule has 2 aromatic rings. The number of nitrogens with zero attached hydrogens (tertiary/aromatic N) is 3. The zero-order chi connectivity index (χ0) is 12.3. The van der Waals surface area contributed by atoms with Crippen LogP contribution in [0.5, 0.6) is 0 Å². The van der Waals surface area contributed by atoms with E-state index >= 15 is 0 Å². The second-order valence-electron chi connectivity index (χ2n) is 3.19. The standard InChI is InChI=1S/C10H8Cl2N4O/c11-6-10(17)14-8-5-7(12)1-2-9(8)16-4-3-13-15-16/h1-5H,6H2,(H,14,17). The number of hydrogen-bond acceptors (Lipinski definition) is 3. The molecule has 0 aliphatic rings. The summed E-state index contributed by atoms with van der Waals surface area (Å²) in [6, 6.07) is 5.07. The van der Waals surface area contributed by atoms with E-state index in [-0.39, 0.29) is 11.8 Å². The summed E-state index contributed by atoms with van der Waals surface area (Å²) in [6.07, 6.45) is 3.21. The van der Waals surface area contributed by atoms with E-state index in [4.69, 9.17) is 23.2 Å². The molecule has 17 heavy (non-hydrogen) atoms. The number of amides is 1. The quantitative estimate of drug-likeness (QED) is 0.869. The van der Waals surface area contributed by atoms with Gasteiger partial charge in [0.15, 0.2) is 0 Å². The van der Waals surface area contributed by atoms with Crippen molar-refractivity contribution in [3.05, 3.63) is 35.6 Å². The van der Waals surface area contributed by atoms with Gasteiger partial charge in [0.25, 0.3) is 0 Å². The molecule has 0 radical (unpaired) electrons. The van der Waals surface area contributed by atoms with Gasteiger partial charge in [-0.2, -0.15) is 0 Å². The molecule has 0 aliphatic carbocycles. The Balaban J connectivity index is 2.41. The van der Waals surface area contributed by atoms with Crippen molar-refractivity contribution in [3.63, 3.8) is 0 Å². The Morgan fingerprint density at radius 3 is 2.94 bits per heavy atom. The molecule has 5 nitrogen and oxygen atoms in total. The highest BCUT2D eigenvalue weighted by molar-refractivity contribution is 6.31. The predicted octanol–water partition coefficient (Wildman–Crippen LogP) is 2.10. The number of nitrogens with one attached hydrogen (secondary N) is 1. The monoisotopic (exact) mass is 270 g/mol. The van der Waals surface area contributed by atoms with Gasteiger partial charge in [0.1, 0.15) is 5.88 Å². The van der Waals surface area contributed by atoms with Gasteiger partial charge in [0, 0.05) is 5.02 Å². The fourth-order valence-electron chi connectivity index (χ4n) is 1.33. The Hall–Kier alpha value is -1.59. The molecule has 0 fully saturated rings. The highest BCUT2D eigenvalue weighted by Crippen LogP contribution is 2.23. The Kier molecular flexibility index (Phi) is 3.61. The van der Waals surface area contributed by atoms with E-state index in [1.807, 2.05) is 0 Å². The minimum Gasteiger partial charge on any atom is -0.323 e. The Morgan fingerprint density at radius 1 is 1.47 bits per heavy atom. The van der Waals surface area contributed by atoms with Crippen LogP contribution in [-0.4, -0.2) is 26.8 Å². The molecule has 88 valence electrons. The van der Waals surface area contributed by atoms with E-state index < -0.39 is 0 Å². The average Bonchev–Trinajstić information content (AvgIpc) is 2.82. The molecule has 1 aromatic carbocycles. The number of carbonyl (C=O) groups excluding carboxylic acids is 1. The topological polar surface area (TPSA) is 59.8 Å². The van der Waals surface area contributed by atoms with Crippen molar-refractivity contribution in [2.24, 2.45) is 0 Å². The minimum atomic E-state index is -0.310. The smallest absolute Gasteiger partial charge is 0.239 e. The predicted molar refractivity (Wildman–Crippen MR) is 65.7 cm³/mol. The summed E-state index contributed by atoms with van der Waals surface area (Å²) in [5.74, 6) is -0.432. The Bertz CT molecular complexity index is 527. The van der Waals surface area contributed by atoms with Gasteiger partial charge in [-0.3, -0.25) is 4.79 Å². The molecule has 0 atom stereocenters. The first-order valence-corrected chi connectivity index (χ1v) is 5.64. The van der Waals surface area contributed by atoms with Gasteiger partial charge in [-0.15, -0.1) is 16.7 Å². The van der Waals surface area contributed by atoms with Crippen LogP contribution in [0.4, 0.5) is 5.69 Å². The summed E-state index contributed by atoms with van der Waals surface area (Å²) >= 11 is 11.3. The van der Waals surface area contributed by atoms with Gasteiger partial charge in [0.2, 0.25) is 5.91 Å². The lowest BCUT2D eigenvalue weighted by molar-refractivity contribution is -0.113. The van der Waals surface area contributed by atoms with Crippen LogP contribution < -0.4 is 5.32 Å². The maximum atomic E-state index is 11.3. The third-order valence-corrected chi connectivity index (χ3v) is 2.50. The van der Waals surface area contributed by atoms with Crippen molar-refractivity contribution >= 4 is 34.8 Å². The lowest BCUT2D eigenvalue weighted by Gasteiger charge is -2.10. The van der Waals surface area contributed by atoms with Gasteiger partial charge in [-0.1, -0.05) is 16.8 Å². The van der Waals surface area contributed by atoms with Crippen LogP contribution >= 0.6 is 23.2 Å². The number of rotatable bonds is 3. The highest BCUT2D eigenvalue weighted by atomic mass is 35.5. The Morgan fingerprint density at radius 2 is 2.29 bits per heavy atom. The van der Waals surface area contributed by atoms with Crippen LogP contribution in [0.25, 0.3) is 5.69 Å². The molecule has 0 aliphatic heterocycles. The molecule has 2 rings (SSSR count). The number of halogens is 2. The molecule has 1 heterocycles. The normalized spacial score (nSPS) is 10.2. The first kappa shape index (κ1) is 11.9. The maximum absolute atomic E-state index is 11.3. The van der Waals surface area contributed by atoms with Crippen molar-refractivity contribution in [1.29, 1.82) is 0 Å². The molecular weight excluding hydrogens is 263 g/mol. The van der Waals surface area contributed by atoms with Crippen LogP contribution in [0.15, 0.2) is 30.6 Å². The van der Waals surface area contributed by atoms with Crippen LogP contribution in [0.2, 0.25) is 5.02 Å². The van der Waals surface area contributed by atoms with Crippen LogP contribution in [0.1, 0.15) is 0 Å². The van der Waals surface area contributed by atoms with Crippen LogP contribution in [0.3, 0.4) is 0 Å². The van der Waals surface area contributed by atoms with Crippen molar-refractivity contribution in [1.82, 2.24) is 15.0 Å². The molecular formula is C10H8Cl2N4O. The fraction of sp³-hybridized carbons (Fsp3) is 0.100. The molecule has 1 amide bonds. The molecule has 0 saturated carbocycles. The molecule has 0 bridgehead atoms. The van der Waals surface area contributed by atoms with E-state index in [2.05, 4.69) is 15.6 Å².